The first-order valence-corrected chi connectivity index (χ1v) is 3.84. The van der Waals surface area contributed by atoms with E-state index in [1.54, 1.807) is 0 Å². The monoisotopic (exact) mass is 176 g/mol. The van der Waals surface area contributed by atoms with Crippen LogP contribution in [0.25, 0.3) is 0 Å². The molecule has 1 rings (SSSR count). The summed E-state index contributed by atoms with van der Waals surface area (Å²) >= 11 is 0. The van der Waals surface area contributed by atoms with E-state index in [2.05, 4.69) is 4.74 Å². The van der Waals surface area contributed by atoms with Crippen molar-refractivity contribution in [2.24, 2.45) is 0 Å². The molecule has 0 spiro atoms. The van der Waals surface area contributed by atoms with Crippen LogP contribution in [0.2, 0.25) is 0 Å². The van der Waals surface area contributed by atoms with E-state index in [0.29, 0.717) is 19.4 Å². The maximum absolute atomic E-state index is 10.1. The number of hydrogen-bond donors (Lipinski definition) is 2. The van der Waals surface area contributed by atoms with Gasteiger partial charge in [-0.3, -0.25) is 0 Å². The summed E-state index contributed by atoms with van der Waals surface area (Å²) in [4.78, 5) is 10.1. The van der Waals surface area contributed by atoms with Crippen molar-refractivity contribution in [3.05, 3.63) is 0 Å². The zero-order valence-electron chi connectivity index (χ0n) is 6.60. The van der Waals surface area contributed by atoms with E-state index >= 15 is 0 Å². The third-order valence-corrected chi connectivity index (χ3v) is 1.79. The first kappa shape index (κ1) is 9.28. The Morgan fingerprint density at radius 1 is 1.67 bits per heavy atom. The first-order valence-electron chi connectivity index (χ1n) is 3.84. The number of carboxylic acid groups (broad SMARTS) is 1. The second kappa shape index (κ2) is 4.27. The average molecular weight is 176 g/mol. The average Bonchev–Trinajstić information content (AvgIpc) is 2.03. The van der Waals surface area contributed by atoms with Crippen molar-refractivity contribution in [3.8, 4) is 0 Å². The number of rotatable bonds is 2. The summed E-state index contributed by atoms with van der Waals surface area (Å²) < 4.78 is 9.66. The summed E-state index contributed by atoms with van der Waals surface area (Å²) in [5.74, 6) is 0. The molecule has 1 saturated heterocycles. The molecular weight excluding hydrogens is 164 g/mol. The lowest BCUT2D eigenvalue weighted by Crippen LogP contribution is -2.34. The van der Waals surface area contributed by atoms with E-state index in [4.69, 9.17) is 14.9 Å². The zero-order chi connectivity index (χ0) is 8.97. The van der Waals surface area contributed by atoms with Crippen LogP contribution in [0.5, 0.6) is 0 Å². The largest absolute Gasteiger partial charge is 0.506 e. The van der Waals surface area contributed by atoms with Crippen molar-refractivity contribution in [1.29, 1.82) is 0 Å². The molecule has 2 unspecified atom stereocenters. The minimum absolute atomic E-state index is 0.0839. The predicted molar refractivity (Wildman–Crippen MR) is 39.0 cm³/mol. The Kier molecular flexibility index (Phi) is 3.31. The van der Waals surface area contributed by atoms with Crippen LogP contribution >= 0.6 is 0 Å². The van der Waals surface area contributed by atoms with Crippen molar-refractivity contribution >= 4 is 6.16 Å². The van der Waals surface area contributed by atoms with Crippen LogP contribution in [-0.2, 0) is 9.47 Å². The lowest BCUT2D eigenvalue weighted by atomic mass is 10.1. The molecule has 5 nitrogen and oxygen atoms in total. The van der Waals surface area contributed by atoms with Crippen molar-refractivity contribution in [2.45, 2.75) is 25.0 Å². The van der Waals surface area contributed by atoms with Gasteiger partial charge in [0.25, 0.3) is 0 Å². The summed E-state index contributed by atoms with van der Waals surface area (Å²) in [7, 11) is 0. The molecule has 1 aliphatic rings. The molecule has 5 heteroatoms. The van der Waals surface area contributed by atoms with Crippen LogP contribution in [0.1, 0.15) is 12.8 Å². The third kappa shape index (κ3) is 2.67. The normalized spacial score (nSPS) is 29.8. The van der Waals surface area contributed by atoms with Gasteiger partial charge in [-0.25, -0.2) is 4.79 Å². The van der Waals surface area contributed by atoms with Crippen LogP contribution in [0.15, 0.2) is 0 Å². The number of ether oxygens (including phenoxy) is 2. The summed E-state index contributed by atoms with van der Waals surface area (Å²) in [6, 6.07) is 0. The van der Waals surface area contributed by atoms with Crippen molar-refractivity contribution in [3.63, 3.8) is 0 Å². The number of aliphatic hydroxyl groups is 1. The fraction of sp³-hybridized carbons (Fsp3) is 0.857. The van der Waals surface area contributed by atoms with Gasteiger partial charge in [0.05, 0.1) is 19.3 Å². The van der Waals surface area contributed by atoms with Crippen LogP contribution in [0.4, 0.5) is 4.79 Å². The lowest BCUT2D eigenvalue weighted by molar-refractivity contribution is -0.0746. The molecule has 0 aromatic rings. The maximum atomic E-state index is 10.1. The van der Waals surface area contributed by atoms with Gasteiger partial charge >= 0.3 is 6.16 Å². The van der Waals surface area contributed by atoms with Crippen molar-refractivity contribution in [1.82, 2.24) is 0 Å². The predicted octanol–water partition coefficient (Wildman–Crippen LogP) is 0.221. The standard InChI is InChI=1S/C7H12O5/c8-4-6-3-5(1-2-11-6)12-7(9)10/h5-6,8H,1-4H2,(H,9,10). The SMILES string of the molecule is O=C(O)OC1CCOC(CO)C1. The zero-order valence-corrected chi connectivity index (χ0v) is 6.60. The Labute approximate surface area is 69.9 Å². The summed E-state index contributed by atoms with van der Waals surface area (Å²) in [6.07, 6.45) is -0.846. The molecule has 0 aromatic carbocycles. The smallest absolute Gasteiger partial charge is 0.450 e. The minimum Gasteiger partial charge on any atom is -0.450 e. The fourth-order valence-corrected chi connectivity index (χ4v) is 1.22. The van der Waals surface area contributed by atoms with E-state index in [9.17, 15) is 4.79 Å². The minimum atomic E-state index is -1.27. The van der Waals surface area contributed by atoms with Gasteiger partial charge in [0.1, 0.15) is 6.10 Å². The topological polar surface area (TPSA) is 76.0 Å². The van der Waals surface area contributed by atoms with E-state index in [-0.39, 0.29) is 18.8 Å². The van der Waals surface area contributed by atoms with Crippen LogP contribution < -0.4 is 0 Å². The number of hydrogen-bond acceptors (Lipinski definition) is 4. The highest BCUT2D eigenvalue weighted by Crippen LogP contribution is 2.16. The second-order valence-electron chi connectivity index (χ2n) is 2.71. The Bertz CT molecular complexity index is 158. The Morgan fingerprint density at radius 3 is 3.00 bits per heavy atom. The molecular formula is C7H12O5. The molecule has 1 aliphatic heterocycles. The molecule has 0 bridgehead atoms. The van der Waals surface area contributed by atoms with Crippen LogP contribution in [-0.4, -0.2) is 41.8 Å². The molecule has 0 aliphatic carbocycles. The molecule has 1 fully saturated rings. The molecule has 0 radical (unpaired) electrons. The third-order valence-electron chi connectivity index (χ3n) is 1.79. The van der Waals surface area contributed by atoms with Gasteiger partial charge in [-0.15, -0.1) is 0 Å². The molecule has 0 amide bonds. The van der Waals surface area contributed by atoms with Gasteiger partial charge in [0.2, 0.25) is 0 Å². The first-order chi connectivity index (χ1) is 5.72. The van der Waals surface area contributed by atoms with Gasteiger partial charge in [0.15, 0.2) is 0 Å². The van der Waals surface area contributed by atoms with Crippen LogP contribution in [0, 0.1) is 0 Å². The van der Waals surface area contributed by atoms with Gasteiger partial charge < -0.3 is 19.7 Å². The van der Waals surface area contributed by atoms with E-state index in [1.165, 1.54) is 0 Å². The highest BCUT2D eigenvalue weighted by molar-refractivity contribution is 5.57. The quantitative estimate of drug-likeness (QED) is 0.588. The lowest BCUT2D eigenvalue weighted by Gasteiger charge is -2.26. The highest BCUT2D eigenvalue weighted by Gasteiger charge is 2.24. The summed E-state index contributed by atoms with van der Waals surface area (Å²) in [5, 5.41) is 17.0. The second-order valence-corrected chi connectivity index (χ2v) is 2.71. The van der Waals surface area contributed by atoms with Gasteiger partial charge in [-0.2, -0.15) is 0 Å². The Hall–Kier alpha value is -0.810. The molecule has 12 heavy (non-hydrogen) atoms. The molecule has 1 heterocycles. The molecule has 2 atom stereocenters. The highest BCUT2D eigenvalue weighted by atomic mass is 16.7. The van der Waals surface area contributed by atoms with E-state index < -0.39 is 6.16 Å². The maximum Gasteiger partial charge on any atom is 0.506 e. The van der Waals surface area contributed by atoms with Gasteiger partial charge in [-0.1, -0.05) is 0 Å². The summed E-state index contributed by atoms with van der Waals surface area (Å²) in [5.41, 5.74) is 0. The Balaban J connectivity index is 2.30. The molecule has 70 valence electrons. The van der Waals surface area contributed by atoms with Crippen molar-refractivity contribution < 1.29 is 24.5 Å². The van der Waals surface area contributed by atoms with E-state index in [0.717, 1.165) is 0 Å². The number of carbonyl (C=O) groups is 1. The molecule has 0 saturated carbocycles. The van der Waals surface area contributed by atoms with Gasteiger partial charge in [0, 0.05) is 12.8 Å². The fourth-order valence-electron chi connectivity index (χ4n) is 1.22. The Morgan fingerprint density at radius 2 is 2.42 bits per heavy atom. The van der Waals surface area contributed by atoms with Crippen LogP contribution in [0.3, 0.4) is 0 Å². The molecule has 2 N–H and O–H groups in total. The van der Waals surface area contributed by atoms with Gasteiger partial charge in [-0.05, 0) is 0 Å². The molecule has 0 aromatic heterocycles. The van der Waals surface area contributed by atoms with E-state index in [1.807, 2.05) is 0 Å². The summed E-state index contributed by atoms with van der Waals surface area (Å²) in [6.45, 7) is 0.364. The number of aliphatic hydroxyl groups excluding tert-OH is 1. The van der Waals surface area contributed by atoms with Crippen molar-refractivity contribution in [2.75, 3.05) is 13.2 Å².